The van der Waals surface area contributed by atoms with Crippen molar-refractivity contribution in [3.8, 4) is 0 Å². The maximum absolute atomic E-state index is 11.0. The van der Waals surface area contributed by atoms with Crippen molar-refractivity contribution < 1.29 is 4.92 Å². The Balaban J connectivity index is 1.84. The number of hydrogen-bond acceptors (Lipinski definition) is 5. The average Bonchev–Trinajstić information content (AvgIpc) is 3.24. The molecule has 1 aliphatic rings. The van der Waals surface area contributed by atoms with Crippen LogP contribution in [0.3, 0.4) is 0 Å². The van der Waals surface area contributed by atoms with Crippen molar-refractivity contribution in [3.63, 3.8) is 0 Å². The summed E-state index contributed by atoms with van der Waals surface area (Å²) < 4.78 is 2.26. The van der Waals surface area contributed by atoms with Crippen LogP contribution in [0.25, 0.3) is 0 Å². The molecule has 1 fully saturated rings. The van der Waals surface area contributed by atoms with E-state index in [1.807, 2.05) is 13.1 Å². The molecule has 1 aromatic carbocycles. The lowest BCUT2D eigenvalue weighted by atomic mass is 10.1. The van der Waals surface area contributed by atoms with Crippen LogP contribution in [0.2, 0.25) is 0 Å². The Bertz CT molecular complexity index is 922. The molecule has 2 aromatic rings. The predicted octanol–water partition coefficient (Wildman–Crippen LogP) is 5.06. The topological polar surface area (TPSA) is 76.6 Å². The first-order valence-electron chi connectivity index (χ1n) is 10.5. The van der Waals surface area contributed by atoms with Gasteiger partial charge < -0.3 is 9.47 Å². The molecule has 0 N–H and O–H groups in total. The van der Waals surface area contributed by atoms with Crippen molar-refractivity contribution in [1.29, 1.82) is 0 Å². The smallest absolute Gasteiger partial charge is 0.269 e. The van der Waals surface area contributed by atoms with Crippen LogP contribution in [0.15, 0.2) is 35.6 Å². The number of aromatic nitrogens is 2. The molecule has 1 aromatic heterocycles. The number of amidine groups is 1. The standard InChI is InChI=1S/C22H31N5O2S/c1-15(2)12-25-9-8-23-21(25)11-19-14-30-22(26(19)13-16(3)4)24-20-7-6-18(27(28)29)10-17(20)5/h6-10,15-16,19H,11-14H2,1-5H3/b24-22-/t19-/m0/s1. The monoisotopic (exact) mass is 429 g/mol. The molecule has 0 spiro atoms. The minimum Gasteiger partial charge on any atom is -0.347 e. The second kappa shape index (κ2) is 9.64. The highest BCUT2D eigenvalue weighted by Gasteiger charge is 2.32. The van der Waals surface area contributed by atoms with Gasteiger partial charge in [0.2, 0.25) is 0 Å². The summed E-state index contributed by atoms with van der Waals surface area (Å²) >= 11 is 1.76. The van der Waals surface area contributed by atoms with Gasteiger partial charge in [0.25, 0.3) is 5.69 Å². The number of thioether (sulfide) groups is 1. The first kappa shape index (κ1) is 22.3. The maximum atomic E-state index is 11.0. The molecular formula is C22H31N5O2S. The molecule has 0 aliphatic carbocycles. The molecule has 1 saturated heterocycles. The fraction of sp³-hybridized carbons (Fsp3) is 0.545. The molecule has 1 atom stereocenters. The minimum atomic E-state index is -0.366. The van der Waals surface area contributed by atoms with Gasteiger partial charge in [-0.15, -0.1) is 0 Å². The molecular weight excluding hydrogens is 398 g/mol. The van der Waals surface area contributed by atoms with Gasteiger partial charge in [0.15, 0.2) is 5.17 Å². The van der Waals surface area contributed by atoms with Crippen LogP contribution in [0.1, 0.15) is 39.1 Å². The number of rotatable bonds is 8. The summed E-state index contributed by atoms with van der Waals surface area (Å²) in [6.45, 7) is 12.6. The van der Waals surface area contributed by atoms with Crippen LogP contribution in [-0.4, -0.2) is 42.9 Å². The minimum absolute atomic E-state index is 0.101. The predicted molar refractivity (Wildman–Crippen MR) is 123 cm³/mol. The summed E-state index contributed by atoms with van der Waals surface area (Å²) in [6.07, 6.45) is 4.85. The van der Waals surface area contributed by atoms with Crippen molar-refractivity contribution >= 4 is 28.3 Å². The second-order valence-corrected chi connectivity index (χ2v) is 9.71. The molecule has 7 nitrogen and oxygen atoms in total. The van der Waals surface area contributed by atoms with E-state index in [0.717, 1.165) is 47.5 Å². The van der Waals surface area contributed by atoms with E-state index in [4.69, 9.17) is 4.99 Å². The van der Waals surface area contributed by atoms with E-state index in [-0.39, 0.29) is 10.6 Å². The number of aliphatic imine (C=N–C) groups is 1. The first-order chi connectivity index (χ1) is 14.2. The van der Waals surface area contributed by atoms with Crippen LogP contribution in [0, 0.1) is 28.9 Å². The van der Waals surface area contributed by atoms with Gasteiger partial charge in [0.05, 0.1) is 10.6 Å². The lowest BCUT2D eigenvalue weighted by molar-refractivity contribution is -0.384. The second-order valence-electron chi connectivity index (χ2n) is 8.73. The Kier molecular flexibility index (Phi) is 7.18. The lowest BCUT2D eigenvalue weighted by Gasteiger charge is -2.28. The molecule has 3 rings (SSSR count). The SMILES string of the molecule is Cc1cc([N+](=O)[O-])ccc1/N=C1\SC[C@H](Cc2nccn2CC(C)C)N1CC(C)C. The quantitative estimate of drug-likeness (QED) is 0.433. The molecule has 0 saturated carbocycles. The zero-order chi connectivity index (χ0) is 21.8. The van der Waals surface area contributed by atoms with E-state index in [2.05, 4.69) is 48.3 Å². The van der Waals surface area contributed by atoms with Crippen molar-refractivity contribution in [2.45, 2.75) is 53.6 Å². The molecule has 0 radical (unpaired) electrons. The summed E-state index contributed by atoms with van der Waals surface area (Å²) in [5.41, 5.74) is 1.71. The molecule has 0 unspecified atom stereocenters. The summed E-state index contributed by atoms with van der Waals surface area (Å²) in [5, 5.41) is 12.0. The number of hydrogen-bond donors (Lipinski definition) is 0. The Morgan fingerprint density at radius 1 is 1.27 bits per heavy atom. The Hall–Kier alpha value is -2.35. The zero-order valence-corrected chi connectivity index (χ0v) is 19.2. The lowest BCUT2D eigenvalue weighted by Crippen LogP contribution is -2.38. The number of non-ortho nitro benzene ring substituents is 1. The van der Waals surface area contributed by atoms with E-state index in [1.54, 1.807) is 23.9 Å². The normalized spacial score (nSPS) is 18.2. The van der Waals surface area contributed by atoms with Gasteiger partial charge in [-0.05, 0) is 30.4 Å². The fourth-order valence-corrected chi connectivity index (χ4v) is 4.86. The van der Waals surface area contributed by atoms with Crippen molar-refractivity contribution in [2.24, 2.45) is 16.8 Å². The van der Waals surface area contributed by atoms with Gasteiger partial charge in [-0.1, -0.05) is 39.5 Å². The number of imidazole rings is 1. The molecule has 30 heavy (non-hydrogen) atoms. The number of aryl methyl sites for hydroxylation is 1. The largest absolute Gasteiger partial charge is 0.347 e. The van der Waals surface area contributed by atoms with Gasteiger partial charge in [-0.2, -0.15) is 0 Å². The maximum Gasteiger partial charge on any atom is 0.269 e. The van der Waals surface area contributed by atoms with Gasteiger partial charge >= 0.3 is 0 Å². The molecule has 1 aliphatic heterocycles. The number of benzene rings is 1. The first-order valence-corrected chi connectivity index (χ1v) is 11.5. The van der Waals surface area contributed by atoms with Crippen LogP contribution < -0.4 is 0 Å². The van der Waals surface area contributed by atoms with Gasteiger partial charge in [0.1, 0.15) is 5.82 Å². The van der Waals surface area contributed by atoms with E-state index >= 15 is 0 Å². The van der Waals surface area contributed by atoms with Crippen molar-refractivity contribution in [1.82, 2.24) is 14.5 Å². The van der Waals surface area contributed by atoms with Crippen LogP contribution in [0.4, 0.5) is 11.4 Å². The summed E-state index contributed by atoms with van der Waals surface area (Å²) in [6, 6.07) is 5.20. The van der Waals surface area contributed by atoms with Crippen LogP contribution >= 0.6 is 11.8 Å². The van der Waals surface area contributed by atoms with E-state index in [0.29, 0.717) is 17.9 Å². The molecule has 0 bridgehead atoms. The third kappa shape index (κ3) is 5.41. The Morgan fingerprint density at radius 2 is 2.00 bits per heavy atom. The zero-order valence-electron chi connectivity index (χ0n) is 18.4. The summed E-state index contributed by atoms with van der Waals surface area (Å²) in [4.78, 5) is 22.6. The van der Waals surface area contributed by atoms with E-state index in [9.17, 15) is 10.1 Å². The third-order valence-corrected chi connectivity index (χ3v) is 6.18. The Labute approximate surface area is 182 Å². The molecule has 2 heterocycles. The van der Waals surface area contributed by atoms with E-state index in [1.165, 1.54) is 6.07 Å². The summed E-state index contributed by atoms with van der Waals surface area (Å²) in [7, 11) is 0. The van der Waals surface area contributed by atoms with Crippen molar-refractivity contribution in [3.05, 3.63) is 52.1 Å². The van der Waals surface area contributed by atoms with Crippen LogP contribution in [-0.2, 0) is 13.0 Å². The fourth-order valence-electron chi connectivity index (χ4n) is 3.67. The summed E-state index contributed by atoms with van der Waals surface area (Å²) in [5.74, 6) is 3.16. The Morgan fingerprint density at radius 3 is 2.63 bits per heavy atom. The van der Waals surface area contributed by atoms with Gasteiger partial charge in [-0.3, -0.25) is 10.1 Å². The van der Waals surface area contributed by atoms with Gasteiger partial charge in [-0.25, -0.2) is 9.98 Å². The van der Waals surface area contributed by atoms with E-state index < -0.39 is 0 Å². The number of nitrogens with zero attached hydrogens (tertiary/aromatic N) is 5. The number of nitro benzene ring substituents is 1. The molecule has 162 valence electrons. The van der Waals surface area contributed by atoms with Gasteiger partial charge in [0, 0.05) is 55.8 Å². The van der Waals surface area contributed by atoms with Crippen molar-refractivity contribution in [2.75, 3.05) is 12.3 Å². The highest BCUT2D eigenvalue weighted by Crippen LogP contribution is 2.32. The highest BCUT2D eigenvalue weighted by molar-refractivity contribution is 8.14. The third-order valence-electron chi connectivity index (χ3n) is 5.04. The highest BCUT2D eigenvalue weighted by atomic mass is 32.2. The molecule has 8 heteroatoms. The van der Waals surface area contributed by atoms with Crippen LogP contribution in [0.5, 0.6) is 0 Å². The molecule has 0 amide bonds. The number of nitro groups is 1. The average molecular weight is 430 g/mol.